The van der Waals surface area contributed by atoms with Crippen molar-refractivity contribution < 1.29 is 14.2 Å². The summed E-state index contributed by atoms with van der Waals surface area (Å²) >= 11 is 0. The molecule has 18 heavy (non-hydrogen) atoms. The van der Waals surface area contributed by atoms with Crippen molar-refractivity contribution in [1.82, 2.24) is 5.32 Å². The van der Waals surface area contributed by atoms with E-state index in [0.717, 1.165) is 0 Å². The van der Waals surface area contributed by atoms with Gasteiger partial charge in [-0.1, -0.05) is 19.0 Å². The number of amidine groups is 1. The number of hydrogen-bond acceptors (Lipinski definition) is 4. The fraction of sp³-hybridized carbons (Fsp3) is 0.818. The maximum absolute atomic E-state index is 12.2. The topological polar surface area (TPSA) is 105 Å². The highest BCUT2D eigenvalue weighted by atomic mass is 32.2. The molecule has 6 nitrogen and oxygen atoms in total. The first kappa shape index (κ1) is 16.9. The van der Waals surface area contributed by atoms with E-state index < -0.39 is 16.2 Å². The van der Waals surface area contributed by atoms with E-state index in [1.165, 1.54) is 0 Å². The summed E-state index contributed by atoms with van der Waals surface area (Å²) < 4.78 is 11.1. The van der Waals surface area contributed by atoms with Gasteiger partial charge in [-0.05, 0) is 19.8 Å². The van der Waals surface area contributed by atoms with E-state index in [1.54, 1.807) is 13.2 Å². The molecule has 0 aromatic rings. The first-order valence-electron chi connectivity index (χ1n) is 5.93. The maximum Gasteiger partial charge on any atom is 0.234 e. The molecule has 2 atom stereocenters. The van der Waals surface area contributed by atoms with E-state index in [-0.39, 0.29) is 17.8 Å². The molecular formula is C11H23N3O3S. The minimum absolute atomic E-state index is 0.0881. The minimum atomic E-state index is -1.00. The molecule has 0 aromatic carbocycles. The fourth-order valence-electron chi connectivity index (χ4n) is 1.90. The van der Waals surface area contributed by atoms with Crippen molar-refractivity contribution in [3.05, 3.63) is 0 Å². The molecule has 0 aliphatic carbocycles. The summed E-state index contributed by atoms with van der Waals surface area (Å²) in [6.45, 7) is 5.40. The van der Waals surface area contributed by atoms with Crippen LogP contribution in [0, 0.1) is 5.41 Å². The Morgan fingerprint density at radius 3 is 2.33 bits per heavy atom. The minimum Gasteiger partial charge on any atom is -0.409 e. The van der Waals surface area contributed by atoms with Crippen LogP contribution in [0.2, 0.25) is 0 Å². The van der Waals surface area contributed by atoms with Crippen molar-refractivity contribution in [2.24, 2.45) is 16.3 Å². The third-order valence-electron chi connectivity index (χ3n) is 3.10. The van der Waals surface area contributed by atoms with Crippen molar-refractivity contribution in [2.45, 2.75) is 39.7 Å². The smallest absolute Gasteiger partial charge is 0.234 e. The lowest BCUT2D eigenvalue weighted by Crippen LogP contribution is -2.52. The molecule has 1 amide bonds. The molecule has 0 fully saturated rings. The van der Waals surface area contributed by atoms with E-state index in [2.05, 4.69) is 10.5 Å². The van der Waals surface area contributed by atoms with Gasteiger partial charge < -0.3 is 16.3 Å². The lowest BCUT2D eigenvalue weighted by Gasteiger charge is -2.30. The first-order chi connectivity index (χ1) is 8.33. The molecule has 0 aromatic heterocycles. The SMILES string of the molecule is CCC(CC)(C(=O)NC(C)CS(C)=O)C(N)=NO. The molecule has 0 spiro atoms. The van der Waals surface area contributed by atoms with Gasteiger partial charge in [0, 0.05) is 28.9 Å². The second-order valence-corrected chi connectivity index (χ2v) is 5.87. The Kier molecular flexibility index (Phi) is 6.90. The molecule has 0 aliphatic heterocycles. The second kappa shape index (κ2) is 7.35. The Morgan fingerprint density at radius 2 is 2.00 bits per heavy atom. The van der Waals surface area contributed by atoms with Crippen LogP contribution in [0.3, 0.4) is 0 Å². The average Bonchev–Trinajstić information content (AvgIpc) is 2.29. The van der Waals surface area contributed by atoms with Crippen LogP contribution in [-0.2, 0) is 15.6 Å². The zero-order valence-corrected chi connectivity index (χ0v) is 12.2. The molecule has 0 rings (SSSR count). The van der Waals surface area contributed by atoms with Gasteiger partial charge in [0.2, 0.25) is 5.91 Å². The van der Waals surface area contributed by atoms with E-state index in [9.17, 15) is 9.00 Å². The van der Waals surface area contributed by atoms with E-state index in [4.69, 9.17) is 10.9 Å². The van der Waals surface area contributed by atoms with Gasteiger partial charge in [0.1, 0.15) is 5.41 Å². The third kappa shape index (κ3) is 3.97. The van der Waals surface area contributed by atoms with Gasteiger partial charge >= 0.3 is 0 Å². The van der Waals surface area contributed by atoms with Crippen LogP contribution in [-0.4, -0.2) is 39.2 Å². The number of rotatable bonds is 7. The van der Waals surface area contributed by atoms with Crippen LogP contribution in [0.1, 0.15) is 33.6 Å². The Balaban J connectivity index is 4.94. The predicted octanol–water partition coefficient (Wildman–Crippen LogP) is 0.422. The summed E-state index contributed by atoms with van der Waals surface area (Å²) in [7, 11) is -0.981. The van der Waals surface area contributed by atoms with Gasteiger partial charge in [-0.15, -0.1) is 0 Å². The summed E-state index contributed by atoms with van der Waals surface area (Å²) in [5.74, 6) is 0.00128. The van der Waals surface area contributed by atoms with Crippen molar-refractivity contribution in [3.63, 3.8) is 0 Å². The van der Waals surface area contributed by atoms with E-state index in [0.29, 0.717) is 18.6 Å². The molecule has 0 radical (unpaired) electrons. The monoisotopic (exact) mass is 277 g/mol. The van der Waals surface area contributed by atoms with E-state index in [1.807, 2.05) is 13.8 Å². The number of oxime groups is 1. The Labute approximate surface area is 110 Å². The van der Waals surface area contributed by atoms with Gasteiger partial charge in [0.05, 0.1) is 0 Å². The van der Waals surface area contributed by atoms with Crippen LogP contribution in [0.5, 0.6) is 0 Å². The molecule has 2 unspecified atom stereocenters. The summed E-state index contributed by atoms with van der Waals surface area (Å²) in [6.07, 6.45) is 2.46. The Hall–Kier alpha value is -1.11. The lowest BCUT2D eigenvalue weighted by molar-refractivity contribution is -0.128. The molecule has 4 N–H and O–H groups in total. The summed E-state index contributed by atoms with van der Waals surface area (Å²) in [6, 6.07) is -0.215. The predicted molar refractivity (Wildman–Crippen MR) is 73.0 cm³/mol. The summed E-state index contributed by atoms with van der Waals surface area (Å²) in [4.78, 5) is 12.2. The molecule has 0 heterocycles. The highest BCUT2D eigenvalue weighted by Gasteiger charge is 2.40. The third-order valence-corrected chi connectivity index (χ3v) is 4.07. The van der Waals surface area contributed by atoms with Crippen molar-refractivity contribution in [2.75, 3.05) is 12.0 Å². The molecular weight excluding hydrogens is 254 g/mol. The van der Waals surface area contributed by atoms with Crippen molar-refractivity contribution >= 4 is 22.5 Å². The molecule has 0 saturated carbocycles. The standard InChI is InChI=1S/C11H23N3O3S/c1-5-11(6-2,9(12)14-16)10(15)13-8(3)7-18(4)17/h8,16H,5-7H2,1-4H3,(H2,12,14)(H,13,15). The number of nitrogens with zero attached hydrogens (tertiary/aromatic N) is 1. The molecule has 7 heteroatoms. The van der Waals surface area contributed by atoms with Gasteiger partial charge in [0.15, 0.2) is 5.84 Å². The number of amides is 1. The number of carbonyl (C=O) groups excluding carboxylic acids is 1. The first-order valence-corrected chi connectivity index (χ1v) is 7.65. The van der Waals surface area contributed by atoms with Crippen molar-refractivity contribution in [3.8, 4) is 0 Å². The van der Waals surface area contributed by atoms with Gasteiger partial charge in [-0.25, -0.2) is 0 Å². The maximum atomic E-state index is 12.2. The molecule has 0 saturated heterocycles. The number of hydrogen-bond donors (Lipinski definition) is 3. The highest BCUT2D eigenvalue weighted by Crippen LogP contribution is 2.27. The normalized spacial score (nSPS) is 16.1. The molecule has 0 aliphatic rings. The van der Waals surface area contributed by atoms with Gasteiger partial charge in [-0.2, -0.15) is 0 Å². The number of nitrogens with two attached hydrogens (primary N) is 1. The number of carbonyl (C=O) groups is 1. The van der Waals surface area contributed by atoms with Crippen LogP contribution >= 0.6 is 0 Å². The lowest BCUT2D eigenvalue weighted by atomic mass is 9.80. The second-order valence-electron chi connectivity index (χ2n) is 4.39. The Bertz CT molecular complexity index is 340. The van der Waals surface area contributed by atoms with Crippen LogP contribution in [0.15, 0.2) is 5.16 Å². The number of nitrogens with one attached hydrogen (secondary N) is 1. The van der Waals surface area contributed by atoms with Gasteiger partial charge in [0.25, 0.3) is 0 Å². The van der Waals surface area contributed by atoms with E-state index >= 15 is 0 Å². The quantitative estimate of drug-likeness (QED) is 0.271. The zero-order valence-electron chi connectivity index (χ0n) is 11.4. The van der Waals surface area contributed by atoms with Crippen LogP contribution in [0.25, 0.3) is 0 Å². The average molecular weight is 277 g/mol. The molecule has 0 bridgehead atoms. The van der Waals surface area contributed by atoms with Crippen molar-refractivity contribution in [1.29, 1.82) is 0 Å². The molecule has 106 valence electrons. The summed E-state index contributed by atoms with van der Waals surface area (Å²) in [5.41, 5.74) is 4.63. The Morgan fingerprint density at radius 1 is 1.50 bits per heavy atom. The summed E-state index contributed by atoms with van der Waals surface area (Å²) in [5, 5.41) is 14.5. The van der Waals surface area contributed by atoms with Gasteiger partial charge in [-0.3, -0.25) is 9.00 Å². The zero-order chi connectivity index (χ0) is 14.3. The fourth-order valence-corrected chi connectivity index (χ4v) is 2.69. The van der Waals surface area contributed by atoms with Crippen LogP contribution < -0.4 is 11.1 Å². The van der Waals surface area contributed by atoms with Crippen LogP contribution in [0.4, 0.5) is 0 Å². The highest BCUT2D eigenvalue weighted by molar-refractivity contribution is 7.84. The largest absolute Gasteiger partial charge is 0.409 e.